The Morgan fingerprint density at radius 3 is 2.28 bits per heavy atom. The number of carbonyl (C=O) groups excluding carboxylic acids is 1. The predicted molar refractivity (Wildman–Crippen MR) is 102 cm³/mol. The summed E-state index contributed by atoms with van der Waals surface area (Å²) in [5.74, 6) is -0.0643. The summed E-state index contributed by atoms with van der Waals surface area (Å²) in [5, 5.41) is 2.99. The van der Waals surface area contributed by atoms with Crippen LogP contribution in [0.15, 0.2) is 24.3 Å². The lowest BCUT2D eigenvalue weighted by Gasteiger charge is -2.32. The summed E-state index contributed by atoms with van der Waals surface area (Å²) in [7, 11) is -0.451. The molecule has 0 radical (unpaired) electrons. The first-order chi connectivity index (χ1) is 11.7. The topological polar surface area (TPSA) is 50.8 Å². The Labute approximate surface area is 152 Å². The fourth-order valence-corrected chi connectivity index (χ4v) is 2.78. The van der Waals surface area contributed by atoms with Crippen LogP contribution >= 0.6 is 0 Å². The minimum absolute atomic E-state index is 0.0643. The molecule has 0 atom stereocenters. The first kappa shape index (κ1) is 20.0. The molecule has 0 aromatic heterocycles. The van der Waals surface area contributed by atoms with Crippen LogP contribution in [0.1, 0.15) is 51.9 Å². The number of likely N-dealkylation sites (N-methyl/N-ethyl adjacent to an activating group) is 1. The standard InChI is InChI=1S/C19H31BN2O3/c1-7-22(8-2)13-12-21-17(23)15-10-9-11-16(14-15)20-24-18(3,4)19(5,6)25-20/h9-11,14H,7-8,12-13H2,1-6H3,(H,21,23). The van der Waals surface area contributed by atoms with Gasteiger partial charge >= 0.3 is 7.12 Å². The van der Waals surface area contributed by atoms with Crippen molar-refractivity contribution in [2.75, 3.05) is 26.2 Å². The number of benzene rings is 1. The summed E-state index contributed by atoms with van der Waals surface area (Å²) in [6.45, 7) is 15.8. The third kappa shape index (κ3) is 4.63. The smallest absolute Gasteiger partial charge is 0.399 e. The summed E-state index contributed by atoms with van der Waals surface area (Å²) >= 11 is 0. The van der Waals surface area contributed by atoms with E-state index < -0.39 is 7.12 Å². The van der Waals surface area contributed by atoms with E-state index in [0.717, 1.165) is 25.1 Å². The van der Waals surface area contributed by atoms with E-state index in [1.807, 2.05) is 52.0 Å². The molecule has 0 spiro atoms. The monoisotopic (exact) mass is 346 g/mol. The van der Waals surface area contributed by atoms with E-state index in [9.17, 15) is 4.79 Å². The summed E-state index contributed by atoms with van der Waals surface area (Å²) in [5.41, 5.74) is 0.723. The van der Waals surface area contributed by atoms with Gasteiger partial charge in [0.25, 0.3) is 5.91 Å². The Kier molecular flexibility index (Phi) is 6.30. The van der Waals surface area contributed by atoms with Crippen molar-refractivity contribution in [3.63, 3.8) is 0 Å². The zero-order chi connectivity index (χ0) is 18.7. The van der Waals surface area contributed by atoms with Crippen LogP contribution in [0.3, 0.4) is 0 Å². The molecule has 0 aliphatic carbocycles. The maximum atomic E-state index is 12.4. The molecule has 25 heavy (non-hydrogen) atoms. The van der Waals surface area contributed by atoms with Crippen molar-refractivity contribution in [2.45, 2.75) is 52.7 Å². The van der Waals surface area contributed by atoms with E-state index in [4.69, 9.17) is 9.31 Å². The molecule has 0 bridgehead atoms. The Morgan fingerprint density at radius 2 is 1.72 bits per heavy atom. The largest absolute Gasteiger partial charge is 0.494 e. The van der Waals surface area contributed by atoms with Crippen molar-refractivity contribution in [2.24, 2.45) is 0 Å². The molecule has 0 saturated carbocycles. The van der Waals surface area contributed by atoms with Crippen molar-refractivity contribution < 1.29 is 14.1 Å². The molecule has 138 valence electrons. The molecule has 1 fully saturated rings. The third-order valence-electron chi connectivity index (χ3n) is 5.28. The van der Waals surface area contributed by atoms with Crippen molar-refractivity contribution in [1.29, 1.82) is 0 Å². The summed E-state index contributed by atoms with van der Waals surface area (Å²) in [6, 6.07) is 7.49. The van der Waals surface area contributed by atoms with Gasteiger partial charge in [0.1, 0.15) is 0 Å². The highest BCUT2D eigenvalue weighted by Gasteiger charge is 2.51. The molecule has 0 unspecified atom stereocenters. The zero-order valence-corrected chi connectivity index (χ0v) is 16.4. The van der Waals surface area contributed by atoms with Crippen LogP contribution in [0.4, 0.5) is 0 Å². The van der Waals surface area contributed by atoms with Gasteiger partial charge in [-0.2, -0.15) is 0 Å². The molecule has 1 heterocycles. The first-order valence-corrected chi connectivity index (χ1v) is 9.16. The minimum Gasteiger partial charge on any atom is -0.399 e. The molecular formula is C19H31BN2O3. The average Bonchev–Trinajstić information content (AvgIpc) is 2.79. The van der Waals surface area contributed by atoms with Crippen LogP contribution in [0.2, 0.25) is 0 Å². The second kappa shape index (κ2) is 7.89. The van der Waals surface area contributed by atoms with Crippen LogP contribution in [-0.4, -0.2) is 55.3 Å². The van der Waals surface area contributed by atoms with E-state index in [0.29, 0.717) is 12.1 Å². The lowest BCUT2D eigenvalue weighted by Crippen LogP contribution is -2.41. The van der Waals surface area contributed by atoms with Gasteiger partial charge in [-0.05, 0) is 58.4 Å². The maximum Gasteiger partial charge on any atom is 0.494 e. The lowest BCUT2D eigenvalue weighted by atomic mass is 9.78. The van der Waals surface area contributed by atoms with E-state index in [2.05, 4.69) is 24.1 Å². The van der Waals surface area contributed by atoms with Gasteiger partial charge in [0, 0.05) is 18.7 Å². The SMILES string of the molecule is CCN(CC)CCNC(=O)c1cccc(B2OC(C)(C)C(C)(C)O2)c1. The zero-order valence-electron chi connectivity index (χ0n) is 16.4. The normalized spacial score (nSPS) is 18.6. The molecule has 1 saturated heterocycles. The van der Waals surface area contributed by atoms with Crippen LogP contribution in [0.25, 0.3) is 0 Å². The van der Waals surface area contributed by atoms with Crippen LogP contribution in [0, 0.1) is 0 Å². The number of nitrogens with one attached hydrogen (secondary N) is 1. The second-order valence-electron chi connectivity index (χ2n) is 7.50. The molecule has 1 N–H and O–H groups in total. The molecule has 1 aromatic rings. The highest BCUT2D eigenvalue weighted by atomic mass is 16.7. The summed E-state index contributed by atoms with van der Waals surface area (Å²) < 4.78 is 12.1. The van der Waals surface area contributed by atoms with Crippen LogP contribution in [-0.2, 0) is 9.31 Å². The fourth-order valence-electron chi connectivity index (χ4n) is 2.78. The van der Waals surface area contributed by atoms with Crippen molar-refractivity contribution >= 4 is 18.5 Å². The lowest BCUT2D eigenvalue weighted by molar-refractivity contribution is 0.00578. The number of hydrogen-bond acceptors (Lipinski definition) is 4. The number of nitrogens with zero attached hydrogens (tertiary/aromatic N) is 1. The number of amides is 1. The number of hydrogen-bond donors (Lipinski definition) is 1. The molecule has 1 aliphatic heterocycles. The van der Waals surface area contributed by atoms with E-state index in [1.165, 1.54) is 0 Å². The first-order valence-electron chi connectivity index (χ1n) is 9.16. The Hall–Kier alpha value is -1.37. The van der Waals surface area contributed by atoms with Gasteiger partial charge in [-0.3, -0.25) is 4.79 Å². The highest BCUT2D eigenvalue weighted by Crippen LogP contribution is 2.36. The number of rotatable bonds is 7. The van der Waals surface area contributed by atoms with Gasteiger partial charge in [-0.15, -0.1) is 0 Å². The number of carbonyl (C=O) groups is 1. The highest BCUT2D eigenvalue weighted by molar-refractivity contribution is 6.62. The van der Waals surface area contributed by atoms with E-state index in [1.54, 1.807) is 0 Å². The van der Waals surface area contributed by atoms with Crippen molar-refractivity contribution in [3.8, 4) is 0 Å². The molecule has 1 aliphatic rings. The van der Waals surface area contributed by atoms with Gasteiger partial charge in [-0.1, -0.05) is 26.0 Å². The molecular weight excluding hydrogens is 315 g/mol. The maximum absolute atomic E-state index is 12.4. The Bertz CT molecular complexity index is 584. The van der Waals surface area contributed by atoms with E-state index >= 15 is 0 Å². The third-order valence-corrected chi connectivity index (χ3v) is 5.28. The summed E-state index contributed by atoms with van der Waals surface area (Å²) in [4.78, 5) is 14.7. The molecule has 1 amide bonds. The molecule has 1 aromatic carbocycles. The molecule has 2 rings (SSSR count). The van der Waals surface area contributed by atoms with Crippen molar-refractivity contribution in [3.05, 3.63) is 29.8 Å². The van der Waals surface area contributed by atoms with Gasteiger partial charge in [-0.25, -0.2) is 0 Å². The molecule has 5 nitrogen and oxygen atoms in total. The summed E-state index contributed by atoms with van der Waals surface area (Å²) in [6.07, 6.45) is 0. The second-order valence-corrected chi connectivity index (χ2v) is 7.50. The van der Waals surface area contributed by atoms with E-state index in [-0.39, 0.29) is 17.1 Å². The quantitative estimate of drug-likeness (QED) is 0.768. The molecule has 6 heteroatoms. The van der Waals surface area contributed by atoms with Gasteiger partial charge in [0.05, 0.1) is 11.2 Å². The minimum atomic E-state index is -0.451. The average molecular weight is 346 g/mol. The van der Waals surface area contributed by atoms with Crippen LogP contribution in [0.5, 0.6) is 0 Å². The Balaban J connectivity index is 2.01. The van der Waals surface area contributed by atoms with Gasteiger partial charge in [0.2, 0.25) is 0 Å². The Morgan fingerprint density at radius 1 is 1.12 bits per heavy atom. The van der Waals surface area contributed by atoms with Gasteiger partial charge in [0.15, 0.2) is 0 Å². The van der Waals surface area contributed by atoms with Crippen molar-refractivity contribution in [1.82, 2.24) is 10.2 Å². The fraction of sp³-hybridized carbons (Fsp3) is 0.632. The predicted octanol–water partition coefficient (Wildman–Crippen LogP) is 2.06. The van der Waals surface area contributed by atoms with Crippen LogP contribution < -0.4 is 10.8 Å². The van der Waals surface area contributed by atoms with Gasteiger partial charge < -0.3 is 19.5 Å².